The van der Waals surface area contributed by atoms with Crippen molar-refractivity contribution in [2.45, 2.75) is 26.7 Å². The van der Waals surface area contributed by atoms with E-state index in [0.29, 0.717) is 0 Å². The molecule has 2 rings (SSSR count). The number of rotatable bonds is 6. The molecule has 2 aromatic carbocycles. The van der Waals surface area contributed by atoms with E-state index >= 15 is 0 Å². The Kier molecular flexibility index (Phi) is 4.62. The van der Waals surface area contributed by atoms with Crippen molar-refractivity contribution in [3.05, 3.63) is 54.6 Å². The third-order valence-electron chi connectivity index (χ3n) is 3.47. The quantitative estimate of drug-likeness (QED) is 0.705. The molecule has 100 valence electrons. The summed E-state index contributed by atoms with van der Waals surface area (Å²) >= 11 is 0. The van der Waals surface area contributed by atoms with Crippen LogP contribution in [-0.2, 0) is 0 Å². The lowest BCUT2D eigenvalue weighted by molar-refractivity contribution is 0.397. The maximum absolute atomic E-state index is 4.34. The molecule has 0 atom stereocenters. The number of benzene rings is 2. The Balaban J connectivity index is 2.39. The van der Waals surface area contributed by atoms with Gasteiger partial charge in [-0.2, -0.15) is 0 Å². The van der Waals surface area contributed by atoms with Gasteiger partial charge in [0.2, 0.25) is 0 Å². The largest absolute Gasteiger partial charge is 0.372 e. The van der Waals surface area contributed by atoms with Gasteiger partial charge < -0.3 is 4.90 Å². The Morgan fingerprint density at radius 3 is 2.26 bits per heavy atom. The minimum Gasteiger partial charge on any atom is -0.372 e. The molecule has 0 N–H and O–H groups in total. The van der Waals surface area contributed by atoms with E-state index in [9.17, 15) is 0 Å². The highest BCUT2D eigenvalue weighted by molar-refractivity contribution is 5.93. The Labute approximate surface area is 116 Å². The second-order valence-corrected chi connectivity index (χ2v) is 4.96. The Morgan fingerprint density at radius 2 is 1.58 bits per heavy atom. The number of fused-ring (bicyclic) bond motifs is 1. The predicted octanol–water partition coefficient (Wildman–Crippen LogP) is 4.93. The normalized spacial score (nSPS) is 10.6. The van der Waals surface area contributed by atoms with Crippen LogP contribution in [0.25, 0.3) is 16.5 Å². The van der Waals surface area contributed by atoms with Crippen LogP contribution in [0.2, 0.25) is 0 Å². The van der Waals surface area contributed by atoms with Gasteiger partial charge in [0.15, 0.2) is 0 Å². The fourth-order valence-electron chi connectivity index (χ4n) is 2.57. The van der Waals surface area contributed by atoms with Crippen molar-refractivity contribution in [2.24, 2.45) is 0 Å². The van der Waals surface area contributed by atoms with Gasteiger partial charge in [-0.1, -0.05) is 62.9 Å². The topological polar surface area (TPSA) is 3.24 Å². The maximum atomic E-state index is 4.34. The fourth-order valence-corrected chi connectivity index (χ4v) is 2.57. The van der Waals surface area contributed by atoms with Crippen LogP contribution in [0.3, 0.4) is 0 Å². The van der Waals surface area contributed by atoms with Crippen molar-refractivity contribution in [1.82, 2.24) is 4.90 Å². The summed E-state index contributed by atoms with van der Waals surface area (Å²) in [6.07, 6.45) is 2.31. The highest BCUT2D eigenvalue weighted by Gasteiger charge is 2.10. The molecule has 0 fully saturated rings. The average Bonchev–Trinajstić information content (AvgIpc) is 2.46. The summed E-state index contributed by atoms with van der Waals surface area (Å²) in [5.74, 6) is 0. The van der Waals surface area contributed by atoms with Gasteiger partial charge in [0, 0.05) is 24.4 Å². The first-order valence-corrected chi connectivity index (χ1v) is 7.20. The Bertz CT molecular complexity index is 545. The van der Waals surface area contributed by atoms with Crippen molar-refractivity contribution in [2.75, 3.05) is 13.1 Å². The Morgan fingerprint density at radius 1 is 0.947 bits per heavy atom. The monoisotopic (exact) mass is 253 g/mol. The summed E-state index contributed by atoms with van der Waals surface area (Å²) in [6, 6.07) is 15.0. The van der Waals surface area contributed by atoms with E-state index in [1.165, 1.54) is 16.3 Å². The van der Waals surface area contributed by atoms with Crippen molar-refractivity contribution in [1.29, 1.82) is 0 Å². The van der Waals surface area contributed by atoms with E-state index in [0.717, 1.165) is 31.6 Å². The van der Waals surface area contributed by atoms with Gasteiger partial charge in [-0.3, -0.25) is 0 Å². The Hall–Kier alpha value is -1.76. The van der Waals surface area contributed by atoms with Crippen LogP contribution in [0.5, 0.6) is 0 Å². The van der Waals surface area contributed by atoms with Crippen LogP contribution in [0.4, 0.5) is 0 Å². The first kappa shape index (κ1) is 13.7. The zero-order valence-corrected chi connectivity index (χ0v) is 12.0. The SMILES string of the molecule is C=C(c1cccc2ccccc12)N(CCC)CCC. The first-order chi connectivity index (χ1) is 9.27. The van der Waals surface area contributed by atoms with Gasteiger partial charge in [-0.25, -0.2) is 0 Å². The third kappa shape index (κ3) is 2.98. The van der Waals surface area contributed by atoms with Gasteiger partial charge in [-0.15, -0.1) is 0 Å². The molecule has 2 aromatic rings. The van der Waals surface area contributed by atoms with E-state index in [1.54, 1.807) is 0 Å². The van der Waals surface area contributed by atoms with E-state index in [4.69, 9.17) is 0 Å². The molecule has 0 saturated carbocycles. The molecular weight excluding hydrogens is 230 g/mol. The average molecular weight is 253 g/mol. The minimum atomic E-state index is 1.08. The molecule has 0 aliphatic carbocycles. The van der Waals surface area contributed by atoms with Crippen molar-refractivity contribution in [3.63, 3.8) is 0 Å². The van der Waals surface area contributed by atoms with Crippen LogP contribution >= 0.6 is 0 Å². The zero-order chi connectivity index (χ0) is 13.7. The summed E-state index contributed by atoms with van der Waals surface area (Å²) in [4.78, 5) is 2.40. The molecular formula is C18H23N. The predicted molar refractivity (Wildman–Crippen MR) is 85.1 cm³/mol. The lowest BCUT2D eigenvalue weighted by Crippen LogP contribution is -2.23. The molecule has 1 heteroatoms. The maximum Gasteiger partial charge on any atom is 0.0373 e. The number of nitrogens with zero attached hydrogens (tertiary/aromatic N) is 1. The van der Waals surface area contributed by atoms with Gasteiger partial charge in [0.25, 0.3) is 0 Å². The lowest BCUT2D eigenvalue weighted by atomic mass is 10.0. The number of hydrogen-bond donors (Lipinski definition) is 0. The van der Waals surface area contributed by atoms with Crippen LogP contribution in [0.1, 0.15) is 32.3 Å². The van der Waals surface area contributed by atoms with E-state index in [1.807, 2.05) is 0 Å². The van der Waals surface area contributed by atoms with Crippen LogP contribution in [-0.4, -0.2) is 18.0 Å². The van der Waals surface area contributed by atoms with Gasteiger partial charge in [0.05, 0.1) is 0 Å². The summed E-state index contributed by atoms with van der Waals surface area (Å²) in [6.45, 7) is 10.9. The van der Waals surface area contributed by atoms with Gasteiger partial charge >= 0.3 is 0 Å². The molecule has 0 bridgehead atoms. The highest BCUT2D eigenvalue weighted by Crippen LogP contribution is 2.26. The molecule has 0 unspecified atom stereocenters. The molecule has 1 nitrogen and oxygen atoms in total. The van der Waals surface area contributed by atoms with Crippen molar-refractivity contribution in [3.8, 4) is 0 Å². The lowest BCUT2D eigenvalue weighted by Gasteiger charge is -2.26. The molecule has 0 spiro atoms. The molecule has 0 aromatic heterocycles. The van der Waals surface area contributed by atoms with Crippen LogP contribution in [0.15, 0.2) is 49.0 Å². The van der Waals surface area contributed by atoms with Crippen LogP contribution in [0, 0.1) is 0 Å². The molecule has 0 heterocycles. The standard InChI is InChI=1S/C18H23N/c1-4-13-19(14-5-2)15(3)17-12-8-10-16-9-6-7-11-18(16)17/h6-12H,3-5,13-14H2,1-2H3. The van der Waals surface area contributed by atoms with E-state index in [2.05, 4.69) is 67.8 Å². The van der Waals surface area contributed by atoms with E-state index < -0.39 is 0 Å². The molecule has 0 amide bonds. The fraction of sp³-hybridized carbons (Fsp3) is 0.333. The van der Waals surface area contributed by atoms with Crippen molar-refractivity contribution >= 4 is 16.5 Å². The number of hydrogen-bond acceptors (Lipinski definition) is 1. The van der Waals surface area contributed by atoms with Gasteiger partial charge in [-0.05, 0) is 23.6 Å². The summed E-state index contributed by atoms with van der Waals surface area (Å²) in [7, 11) is 0. The van der Waals surface area contributed by atoms with E-state index in [-0.39, 0.29) is 0 Å². The second kappa shape index (κ2) is 6.42. The molecule has 0 saturated heterocycles. The minimum absolute atomic E-state index is 1.08. The summed E-state index contributed by atoms with van der Waals surface area (Å²) in [5.41, 5.74) is 2.42. The third-order valence-corrected chi connectivity index (χ3v) is 3.47. The highest BCUT2D eigenvalue weighted by atomic mass is 15.1. The molecule has 0 radical (unpaired) electrons. The molecule has 0 aliphatic heterocycles. The zero-order valence-electron chi connectivity index (χ0n) is 12.0. The van der Waals surface area contributed by atoms with Crippen LogP contribution < -0.4 is 0 Å². The molecule has 0 aliphatic rings. The summed E-state index contributed by atoms with van der Waals surface area (Å²) < 4.78 is 0. The second-order valence-electron chi connectivity index (χ2n) is 4.96. The summed E-state index contributed by atoms with van der Waals surface area (Å²) in [5, 5.41) is 2.58. The van der Waals surface area contributed by atoms with Gasteiger partial charge in [0.1, 0.15) is 0 Å². The first-order valence-electron chi connectivity index (χ1n) is 7.20. The smallest absolute Gasteiger partial charge is 0.0373 e. The molecule has 19 heavy (non-hydrogen) atoms. The van der Waals surface area contributed by atoms with Crippen molar-refractivity contribution < 1.29 is 0 Å².